The van der Waals surface area contributed by atoms with E-state index in [0.29, 0.717) is 28.7 Å². The van der Waals surface area contributed by atoms with Gasteiger partial charge in [0, 0.05) is 37.0 Å². The van der Waals surface area contributed by atoms with Crippen LogP contribution in [0, 0.1) is 5.82 Å². The largest absolute Gasteiger partial charge is 0.369 e. The predicted molar refractivity (Wildman–Crippen MR) is 110 cm³/mol. The lowest BCUT2D eigenvalue weighted by Gasteiger charge is -2.33. The molecule has 3 rings (SSSR count). The monoisotopic (exact) mass is 383 g/mol. The molecule has 28 heavy (non-hydrogen) atoms. The molecule has 1 aliphatic rings. The fraction of sp³-hybridized carbons (Fsp3) is 0.364. The predicted octanol–water partition coefficient (Wildman–Crippen LogP) is 4.81. The van der Waals surface area contributed by atoms with Crippen LogP contribution >= 0.6 is 0 Å². The van der Waals surface area contributed by atoms with Crippen molar-refractivity contribution >= 4 is 28.9 Å². The number of carbonyl (C=O) groups excluding carboxylic acids is 2. The molecule has 0 aliphatic heterocycles. The summed E-state index contributed by atoms with van der Waals surface area (Å²) in [6, 6.07) is 11.7. The van der Waals surface area contributed by atoms with E-state index in [-0.39, 0.29) is 17.6 Å². The lowest BCUT2D eigenvalue weighted by Crippen LogP contribution is -2.33. The first-order valence-electron chi connectivity index (χ1n) is 9.65. The SMILES string of the molecule is CC(=O)Nc1ccc(C(=O)Nc2ccc(N(C)C3CCCCC3)c(F)c2)cc1. The minimum absolute atomic E-state index is 0.175. The first-order chi connectivity index (χ1) is 13.4. The van der Waals surface area contributed by atoms with Crippen LogP contribution in [0.3, 0.4) is 0 Å². The molecule has 2 amide bonds. The summed E-state index contributed by atoms with van der Waals surface area (Å²) in [6.07, 6.45) is 5.80. The first-order valence-corrected chi connectivity index (χ1v) is 9.65. The highest BCUT2D eigenvalue weighted by molar-refractivity contribution is 6.04. The third-order valence-electron chi connectivity index (χ3n) is 5.18. The van der Waals surface area contributed by atoms with Crippen LogP contribution in [0.1, 0.15) is 49.4 Å². The van der Waals surface area contributed by atoms with E-state index >= 15 is 0 Å². The molecule has 0 radical (unpaired) electrons. The zero-order valence-corrected chi connectivity index (χ0v) is 16.3. The van der Waals surface area contributed by atoms with Crippen molar-refractivity contribution in [3.63, 3.8) is 0 Å². The van der Waals surface area contributed by atoms with Crippen molar-refractivity contribution in [3.05, 3.63) is 53.8 Å². The van der Waals surface area contributed by atoms with Crippen molar-refractivity contribution in [1.29, 1.82) is 0 Å². The molecule has 0 saturated heterocycles. The second-order valence-corrected chi connectivity index (χ2v) is 7.28. The molecule has 5 nitrogen and oxygen atoms in total. The van der Waals surface area contributed by atoms with Crippen LogP contribution in [0.2, 0.25) is 0 Å². The average molecular weight is 383 g/mol. The summed E-state index contributed by atoms with van der Waals surface area (Å²) in [6.45, 7) is 1.42. The molecule has 148 valence electrons. The van der Waals surface area contributed by atoms with Crippen molar-refractivity contribution in [3.8, 4) is 0 Å². The van der Waals surface area contributed by atoms with Crippen LogP contribution in [0.15, 0.2) is 42.5 Å². The van der Waals surface area contributed by atoms with Gasteiger partial charge in [-0.25, -0.2) is 4.39 Å². The number of amides is 2. The molecule has 1 aliphatic carbocycles. The Kier molecular flexibility index (Phi) is 6.29. The van der Waals surface area contributed by atoms with Crippen LogP contribution in [0.4, 0.5) is 21.5 Å². The van der Waals surface area contributed by atoms with Crippen LogP contribution in [-0.2, 0) is 4.79 Å². The Morgan fingerprint density at radius 2 is 1.61 bits per heavy atom. The molecule has 2 aromatic rings. The Bertz CT molecular complexity index is 845. The second-order valence-electron chi connectivity index (χ2n) is 7.28. The van der Waals surface area contributed by atoms with Gasteiger partial charge in [0.05, 0.1) is 5.69 Å². The molecule has 0 unspecified atom stereocenters. The number of carbonyl (C=O) groups is 2. The second kappa shape index (κ2) is 8.87. The lowest BCUT2D eigenvalue weighted by molar-refractivity contribution is -0.114. The number of nitrogens with one attached hydrogen (secondary N) is 2. The molecule has 0 heterocycles. The molecule has 1 fully saturated rings. The maximum Gasteiger partial charge on any atom is 0.255 e. The third kappa shape index (κ3) is 4.88. The molecule has 0 spiro atoms. The minimum atomic E-state index is -0.341. The Morgan fingerprint density at radius 1 is 0.964 bits per heavy atom. The molecule has 0 aromatic heterocycles. The van der Waals surface area contributed by atoms with E-state index in [2.05, 4.69) is 10.6 Å². The summed E-state index contributed by atoms with van der Waals surface area (Å²) in [5, 5.41) is 5.37. The van der Waals surface area contributed by atoms with Crippen molar-refractivity contribution in [1.82, 2.24) is 0 Å². The highest BCUT2D eigenvalue weighted by Gasteiger charge is 2.20. The Labute approximate surface area is 164 Å². The van der Waals surface area contributed by atoms with E-state index in [1.807, 2.05) is 11.9 Å². The fourth-order valence-corrected chi connectivity index (χ4v) is 3.65. The van der Waals surface area contributed by atoms with Gasteiger partial charge in [0.2, 0.25) is 5.91 Å². The zero-order valence-electron chi connectivity index (χ0n) is 16.3. The van der Waals surface area contributed by atoms with E-state index in [9.17, 15) is 14.0 Å². The number of anilines is 3. The number of nitrogens with zero attached hydrogens (tertiary/aromatic N) is 1. The summed E-state index contributed by atoms with van der Waals surface area (Å²) in [5.41, 5.74) is 2.02. The van der Waals surface area contributed by atoms with Gasteiger partial charge in [0.15, 0.2) is 0 Å². The topological polar surface area (TPSA) is 61.4 Å². The molecule has 2 N–H and O–H groups in total. The van der Waals surface area contributed by atoms with Gasteiger partial charge in [-0.3, -0.25) is 9.59 Å². The molecular formula is C22H26FN3O2. The highest BCUT2D eigenvalue weighted by Crippen LogP contribution is 2.29. The Morgan fingerprint density at radius 3 is 2.21 bits per heavy atom. The highest BCUT2D eigenvalue weighted by atomic mass is 19.1. The van der Waals surface area contributed by atoms with Crippen molar-refractivity contribution < 1.29 is 14.0 Å². The Hall–Kier alpha value is -2.89. The van der Waals surface area contributed by atoms with Gasteiger partial charge in [-0.1, -0.05) is 19.3 Å². The fourth-order valence-electron chi connectivity index (χ4n) is 3.65. The van der Waals surface area contributed by atoms with Gasteiger partial charge < -0.3 is 15.5 Å². The molecule has 2 aromatic carbocycles. The normalized spacial score (nSPS) is 14.4. The van der Waals surface area contributed by atoms with Gasteiger partial charge in [-0.05, 0) is 55.3 Å². The summed E-state index contributed by atoms with van der Waals surface area (Å²) in [5.74, 6) is -0.847. The number of halogens is 1. The van der Waals surface area contributed by atoms with E-state index in [4.69, 9.17) is 0 Å². The molecule has 0 atom stereocenters. The number of hydrogen-bond acceptors (Lipinski definition) is 3. The van der Waals surface area contributed by atoms with Crippen LogP contribution in [0.25, 0.3) is 0 Å². The zero-order chi connectivity index (χ0) is 20.1. The van der Waals surface area contributed by atoms with Gasteiger partial charge in [-0.15, -0.1) is 0 Å². The summed E-state index contributed by atoms with van der Waals surface area (Å²) < 4.78 is 14.6. The summed E-state index contributed by atoms with van der Waals surface area (Å²) in [7, 11) is 1.93. The summed E-state index contributed by atoms with van der Waals surface area (Å²) >= 11 is 0. The number of benzene rings is 2. The molecule has 6 heteroatoms. The maximum absolute atomic E-state index is 14.6. The molecular weight excluding hydrogens is 357 g/mol. The maximum atomic E-state index is 14.6. The Balaban J connectivity index is 1.66. The van der Waals surface area contributed by atoms with E-state index < -0.39 is 0 Å². The van der Waals surface area contributed by atoms with Crippen LogP contribution in [0.5, 0.6) is 0 Å². The first kappa shape index (κ1) is 19.9. The quantitative estimate of drug-likeness (QED) is 0.779. The van der Waals surface area contributed by atoms with Gasteiger partial charge in [-0.2, -0.15) is 0 Å². The third-order valence-corrected chi connectivity index (χ3v) is 5.18. The van der Waals surface area contributed by atoms with Crippen molar-refractivity contribution in [2.75, 3.05) is 22.6 Å². The molecule has 0 bridgehead atoms. The smallest absolute Gasteiger partial charge is 0.255 e. The minimum Gasteiger partial charge on any atom is -0.369 e. The van der Waals surface area contributed by atoms with Crippen LogP contribution in [-0.4, -0.2) is 24.9 Å². The standard InChI is InChI=1S/C22H26FN3O2/c1-15(27)24-17-10-8-16(9-11-17)22(28)25-18-12-13-21(20(23)14-18)26(2)19-6-4-3-5-7-19/h8-14,19H,3-7H2,1-2H3,(H,24,27)(H,25,28). The van der Waals surface area contributed by atoms with E-state index in [1.54, 1.807) is 36.4 Å². The summed E-state index contributed by atoms with van der Waals surface area (Å²) in [4.78, 5) is 25.5. The van der Waals surface area contributed by atoms with Crippen molar-refractivity contribution in [2.45, 2.75) is 45.1 Å². The van der Waals surface area contributed by atoms with Gasteiger partial charge in [0.25, 0.3) is 5.91 Å². The van der Waals surface area contributed by atoms with E-state index in [0.717, 1.165) is 12.8 Å². The van der Waals surface area contributed by atoms with Crippen LogP contribution < -0.4 is 15.5 Å². The lowest BCUT2D eigenvalue weighted by atomic mass is 9.94. The molecule has 1 saturated carbocycles. The number of rotatable bonds is 5. The number of hydrogen-bond donors (Lipinski definition) is 2. The van der Waals surface area contributed by atoms with E-state index in [1.165, 1.54) is 32.3 Å². The van der Waals surface area contributed by atoms with Gasteiger partial charge in [0.1, 0.15) is 5.82 Å². The van der Waals surface area contributed by atoms with Gasteiger partial charge >= 0.3 is 0 Å². The van der Waals surface area contributed by atoms with Crippen molar-refractivity contribution in [2.24, 2.45) is 0 Å². The average Bonchev–Trinajstić information content (AvgIpc) is 2.68.